The maximum absolute atomic E-state index is 11.2. The van der Waals surface area contributed by atoms with Crippen LogP contribution in [0.25, 0.3) is 11.1 Å². The quantitative estimate of drug-likeness (QED) is 0.939. The predicted molar refractivity (Wildman–Crippen MR) is 81.8 cm³/mol. The van der Waals surface area contributed by atoms with Crippen molar-refractivity contribution in [3.63, 3.8) is 0 Å². The van der Waals surface area contributed by atoms with Crippen molar-refractivity contribution >= 4 is 10.0 Å². The van der Waals surface area contributed by atoms with Gasteiger partial charge in [0.2, 0.25) is 10.0 Å². The van der Waals surface area contributed by atoms with Crippen LogP contribution >= 0.6 is 0 Å². The first-order chi connectivity index (χ1) is 9.36. The van der Waals surface area contributed by atoms with Crippen LogP contribution in [0.5, 0.6) is 0 Å². The lowest BCUT2D eigenvalue weighted by Crippen LogP contribution is -2.11. The van der Waals surface area contributed by atoms with Gasteiger partial charge < -0.3 is 0 Å². The molecule has 2 aromatic carbocycles. The van der Waals surface area contributed by atoms with E-state index in [-0.39, 0.29) is 4.90 Å². The third-order valence-corrected chi connectivity index (χ3v) is 4.04. The fraction of sp³-hybridized carbons (Fsp3) is 0.250. The molecule has 0 aliphatic rings. The summed E-state index contributed by atoms with van der Waals surface area (Å²) in [5.74, 6) is 0.634. The summed E-state index contributed by atoms with van der Waals surface area (Å²) in [5.41, 5.74) is 3.36. The number of hydrogen-bond donors (Lipinski definition) is 1. The lowest BCUT2D eigenvalue weighted by atomic mass is 9.99. The van der Waals surface area contributed by atoms with Gasteiger partial charge in [0, 0.05) is 0 Å². The molecule has 0 spiro atoms. The van der Waals surface area contributed by atoms with Crippen molar-refractivity contribution in [1.29, 1.82) is 0 Å². The second kappa shape index (κ2) is 5.77. The third-order valence-electron chi connectivity index (χ3n) is 3.11. The lowest BCUT2D eigenvalue weighted by molar-refractivity contribution is 0.598. The van der Waals surface area contributed by atoms with Crippen LogP contribution in [0.3, 0.4) is 0 Å². The number of hydrogen-bond acceptors (Lipinski definition) is 2. The Bertz CT molecular complexity index is 671. The summed E-state index contributed by atoms with van der Waals surface area (Å²) in [6.07, 6.45) is 1.06. The Balaban J connectivity index is 2.24. The minimum atomic E-state index is -3.62. The van der Waals surface area contributed by atoms with Crippen molar-refractivity contribution in [3.8, 4) is 11.1 Å². The minimum absolute atomic E-state index is 0.137. The first kappa shape index (κ1) is 14.8. The fourth-order valence-corrected chi connectivity index (χ4v) is 2.66. The molecule has 0 amide bonds. The van der Waals surface area contributed by atoms with E-state index in [1.165, 1.54) is 17.7 Å². The molecule has 0 radical (unpaired) electrons. The van der Waals surface area contributed by atoms with Crippen molar-refractivity contribution in [2.45, 2.75) is 25.2 Å². The van der Waals surface area contributed by atoms with Gasteiger partial charge in [-0.2, -0.15) is 0 Å². The van der Waals surface area contributed by atoms with E-state index in [4.69, 9.17) is 5.14 Å². The molecule has 0 unspecified atom stereocenters. The van der Waals surface area contributed by atoms with Gasteiger partial charge in [-0.1, -0.05) is 50.2 Å². The zero-order valence-electron chi connectivity index (χ0n) is 11.7. The molecular formula is C16H19NO2S. The smallest absolute Gasteiger partial charge is 0.225 e. The van der Waals surface area contributed by atoms with Gasteiger partial charge in [0.25, 0.3) is 0 Å². The summed E-state index contributed by atoms with van der Waals surface area (Å²) < 4.78 is 22.4. The molecule has 4 heteroatoms. The molecular weight excluding hydrogens is 270 g/mol. The molecule has 20 heavy (non-hydrogen) atoms. The molecule has 0 saturated carbocycles. The van der Waals surface area contributed by atoms with E-state index in [2.05, 4.69) is 38.1 Å². The van der Waals surface area contributed by atoms with Crippen molar-refractivity contribution in [2.24, 2.45) is 11.1 Å². The van der Waals surface area contributed by atoms with Gasteiger partial charge in [-0.3, -0.25) is 0 Å². The minimum Gasteiger partial charge on any atom is -0.225 e. The van der Waals surface area contributed by atoms with Gasteiger partial charge >= 0.3 is 0 Å². The molecule has 0 saturated heterocycles. The van der Waals surface area contributed by atoms with Crippen molar-refractivity contribution in [1.82, 2.24) is 0 Å². The molecule has 0 atom stereocenters. The summed E-state index contributed by atoms with van der Waals surface area (Å²) in [7, 11) is -3.62. The van der Waals surface area contributed by atoms with Gasteiger partial charge in [-0.25, -0.2) is 13.6 Å². The van der Waals surface area contributed by atoms with E-state index >= 15 is 0 Å². The van der Waals surface area contributed by atoms with E-state index in [9.17, 15) is 8.42 Å². The van der Waals surface area contributed by atoms with Gasteiger partial charge in [-0.05, 0) is 41.2 Å². The van der Waals surface area contributed by atoms with Crippen molar-refractivity contribution in [2.75, 3.05) is 0 Å². The Morgan fingerprint density at radius 3 is 1.75 bits per heavy atom. The van der Waals surface area contributed by atoms with Crippen LogP contribution in [0.15, 0.2) is 53.4 Å². The zero-order chi connectivity index (χ0) is 14.8. The van der Waals surface area contributed by atoms with Gasteiger partial charge in [0.05, 0.1) is 4.90 Å². The molecule has 2 N–H and O–H groups in total. The van der Waals surface area contributed by atoms with E-state index in [1.807, 2.05) is 0 Å². The summed E-state index contributed by atoms with van der Waals surface area (Å²) in [6, 6.07) is 15.0. The van der Waals surface area contributed by atoms with Crippen molar-refractivity contribution < 1.29 is 8.42 Å². The Labute approximate surface area is 120 Å². The number of benzene rings is 2. The maximum Gasteiger partial charge on any atom is 0.238 e. The summed E-state index contributed by atoms with van der Waals surface area (Å²) >= 11 is 0. The Morgan fingerprint density at radius 2 is 1.35 bits per heavy atom. The summed E-state index contributed by atoms with van der Waals surface area (Å²) in [4.78, 5) is 0.137. The molecule has 0 heterocycles. The third kappa shape index (κ3) is 3.68. The molecule has 0 aliphatic heterocycles. The zero-order valence-corrected chi connectivity index (χ0v) is 12.5. The fourth-order valence-electron chi connectivity index (χ4n) is 2.14. The molecule has 0 aromatic heterocycles. The van der Waals surface area contributed by atoms with Gasteiger partial charge in [-0.15, -0.1) is 0 Å². The van der Waals surface area contributed by atoms with Crippen LogP contribution < -0.4 is 5.14 Å². The van der Waals surface area contributed by atoms with Crippen LogP contribution in [0.2, 0.25) is 0 Å². The standard InChI is InChI=1S/C16H19NO2S/c1-12(2)11-13-3-5-14(6-4-13)15-7-9-16(10-8-15)20(17,18)19/h3-10,12H,11H2,1-2H3,(H2,17,18,19). The largest absolute Gasteiger partial charge is 0.238 e. The second-order valence-electron chi connectivity index (χ2n) is 5.36. The number of rotatable bonds is 4. The summed E-state index contributed by atoms with van der Waals surface area (Å²) in [6.45, 7) is 4.39. The van der Waals surface area contributed by atoms with E-state index < -0.39 is 10.0 Å². The molecule has 0 fully saturated rings. The van der Waals surface area contributed by atoms with Crippen LogP contribution in [0.1, 0.15) is 19.4 Å². The normalized spacial score (nSPS) is 11.8. The average Bonchev–Trinajstić information content (AvgIpc) is 2.38. The van der Waals surface area contributed by atoms with Crippen LogP contribution in [0.4, 0.5) is 0 Å². The second-order valence-corrected chi connectivity index (χ2v) is 6.93. The van der Waals surface area contributed by atoms with E-state index in [0.717, 1.165) is 17.5 Å². The first-order valence-corrected chi connectivity index (χ1v) is 8.13. The predicted octanol–water partition coefficient (Wildman–Crippen LogP) is 3.20. The topological polar surface area (TPSA) is 60.2 Å². The van der Waals surface area contributed by atoms with Crippen LogP contribution in [-0.4, -0.2) is 8.42 Å². The molecule has 3 nitrogen and oxygen atoms in total. The summed E-state index contributed by atoms with van der Waals surface area (Å²) in [5, 5.41) is 5.08. The molecule has 0 aliphatic carbocycles. The first-order valence-electron chi connectivity index (χ1n) is 6.58. The molecule has 106 valence electrons. The Hall–Kier alpha value is -1.65. The Morgan fingerprint density at radius 1 is 0.900 bits per heavy atom. The SMILES string of the molecule is CC(C)Cc1ccc(-c2ccc(S(N)(=O)=O)cc2)cc1. The van der Waals surface area contributed by atoms with Crippen LogP contribution in [-0.2, 0) is 16.4 Å². The van der Waals surface area contributed by atoms with Gasteiger partial charge in [0.15, 0.2) is 0 Å². The highest BCUT2D eigenvalue weighted by Gasteiger charge is 2.07. The molecule has 2 aromatic rings. The molecule has 2 rings (SSSR count). The Kier molecular flexibility index (Phi) is 4.26. The number of sulfonamides is 1. The van der Waals surface area contributed by atoms with E-state index in [0.29, 0.717) is 5.92 Å². The highest BCUT2D eigenvalue weighted by atomic mass is 32.2. The number of nitrogens with two attached hydrogens (primary N) is 1. The van der Waals surface area contributed by atoms with Gasteiger partial charge in [0.1, 0.15) is 0 Å². The highest BCUT2D eigenvalue weighted by Crippen LogP contribution is 2.22. The monoisotopic (exact) mass is 289 g/mol. The van der Waals surface area contributed by atoms with E-state index in [1.54, 1.807) is 12.1 Å². The van der Waals surface area contributed by atoms with Crippen LogP contribution in [0, 0.1) is 5.92 Å². The maximum atomic E-state index is 11.2. The highest BCUT2D eigenvalue weighted by molar-refractivity contribution is 7.89. The van der Waals surface area contributed by atoms with Crippen molar-refractivity contribution in [3.05, 3.63) is 54.1 Å². The average molecular weight is 289 g/mol. The lowest BCUT2D eigenvalue weighted by Gasteiger charge is -2.07. The number of primary sulfonamides is 1. The molecule has 0 bridgehead atoms.